The third-order valence-corrected chi connectivity index (χ3v) is 11.7. The molecule has 2 nitrogen and oxygen atoms in total. The van der Waals surface area contributed by atoms with Crippen LogP contribution >= 0.6 is 11.3 Å². The van der Waals surface area contributed by atoms with Gasteiger partial charge < -0.3 is 8.98 Å². The van der Waals surface area contributed by atoms with Crippen molar-refractivity contribution >= 4 is 86.4 Å². The second-order valence-corrected chi connectivity index (χ2v) is 14.2. The standard InChI is InChI=1S/C47H29NOS/c1-4-18-41-34(10-1)40-28-31(26-27-42(40)48(41)43-19-9-15-37-35-11-2-5-20-44(35)49-46(37)43)29-22-24-30(25-23-29)32-13-7-14-33(32)38-16-8-17-39-36-12-3-6-21-45(36)50-47(38)39/h1-12,14-28H,13H2. The Labute approximate surface area is 292 Å². The second kappa shape index (κ2) is 10.7. The van der Waals surface area contributed by atoms with Gasteiger partial charge in [0.05, 0.1) is 16.7 Å². The third-order valence-electron chi connectivity index (χ3n) is 10.5. The van der Waals surface area contributed by atoms with Crippen molar-refractivity contribution in [1.29, 1.82) is 0 Å². The van der Waals surface area contributed by atoms with Crippen LogP contribution in [0.2, 0.25) is 0 Å². The normalized spacial score (nSPS) is 13.4. The van der Waals surface area contributed by atoms with Crippen LogP contribution in [0.1, 0.15) is 17.5 Å². The zero-order chi connectivity index (χ0) is 32.8. The molecule has 1 aliphatic rings. The number of hydrogen-bond donors (Lipinski definition) is 0. The van der Waals surface area contributed by atoms with Crippen molar-refractivity contribution in [3.05, 3.63) is 175 Å². The lowest BCUT2D eigenvalue weighted by molar-refractivity contribution is 0.666. The molecule has 0 radical (unpaired) electrons. The molecule has 0 atom stereocenters. The van der Waals surface area contributed by atoms with Crippen LogP contribution in [-0.2, 0) is 0 Å². The van der Waals surface area contributed by atoms with Crippen molar-refractivity contribution in [3.8, 4) is 16.8 Å². The lowest BCUT2D eigenvalue weighted by Crippen LogP contribution is -1.94. The molecule has 0 amide bonds. The highest BCUT2D eigenvalue weighted by molar-refractivity contribution is 7.26. The van der Waals surface area contributed by atoms with E-state index in [4.69, 9.17) is 4.42 Å². The van der Waals surface area contributed by atoms with E-state index in [2.05, 4.69) is 162 Å². The lowest BCUT2D eigenvalue weighted by atomic mass is 9.94. The molecule has 0 spiro atoms. The van der Waals surface area contributed by atoms with E-state index in [1.165, 1.54) is 75.4 Å². The van der Waals surface area contributed by atoms with Gasteiger partial charge in [-0.2, -0.15) is 0 Å². The van der Waals surface area contributed by atoms with Gasteiger partial charge in [0, 0.05) is 41.7 Å². The molecule has 0 bridgehead atoms. The van der Waals surface area contributed by atoms with Crippen LogP contribution < -0.4 is 0 Å². The molecule has 3 heteroatoms. The maximum absolute atomic E-state index is 6.49. The van der Waals surface area contributed by atoms with E-state index in [0.29, 0.717) is 0 Å². The molecule has 234 valence electrons. The van der Waals surface area contributed by atoms with Gasteiger partial charge in [0.1, 0.15) is 5.58 Å². The minimum Gasteiger partial charge on any atom is -0.454 e. The van der Waals surface area contributed by atoms with Gasteiger partial charge in [-0.3, -0.25) is 0 Å². The fourth-order valence-corrected chi connectivity index (χ4v) is 9.40. The number of fused-ring (bicyclic) bond motifs is 9. The topological polar surface area (TPSA) is 18.1 Å². The van der Waals surface area contributed by atoms with Crippen molar-refractivity contribution in [2.75, 3.05) is 0 Å². The number of rotatable bonds is 4. The number of aromatic nitrogens is 1. The molecule has 0 aliphatic heterocycles. The third kappa shape index (κ3) is 4.01. The van der Waals surface area contributed by atoms with E-state index >= 15 is 0 Å². The van der Waals surface area contributed by atoms with E-state index in [0.717, 1.165) is 34.0 Å². The zero-order valence-electron chi connectivity index (χ0n) is 27.1. The predicted octanol–water partition coefficient (Wildman–Crippen LogP) is 13.6. The Kier molecular flexibility index (Phi) is 5.92. The maximum Gasteiger partial charge on any atom is 0.159 e. The van der Waals surface area contributed by atoms with Crippen LogP contribution in [0.5, 0.6) is 0 Å². The Hall–Kier alpha value is -6.16. The average Bonchev–Trinajstić information content (AvgIpc) is 3.96. The van der Waals surface area contributed by atoms with Crippen molar-refractivity contribution in [2.45, 2.75) is 6.42 Å². The zero-order valence-corrected chi connectivity index (χ0v) is 27.9. The van der Waals surface area contributed by atoms with Gasteiger partial charge in [-0.15, -0.1) is 11.3 Å². The van der Waals surface area contributed by atoms with Crippen LogP contribution in [0.4, 0.5) is 0 Å². The average molecular weight is 656 g/mol. The SMILES string of the molecule is C1=CC(c2cccc3c2sc2ccccc23)=C(c2ccc(-c3ccc4c(c3)c3ccccc3n4-c3cccc4c3oc3ccccc34)cc2)C1. The fourth-order valence-electron chi connectivity index (χ4n) is 8.17. The van der Waals surface area contributed by atoms with E-state index in [-0.39, 0.29) is 0 Å². The first-order valence-electron chi connectivity index (χ1n) is 17.2. The Morgan fingerprint density at radius 2 is 1.22 bits per heavy atom. The molecule has 0 N–H and O–H groups in total. The van der Waals surface area contributed by atoms with Gasteiger partial charge in [0.25, 0.3) is 0 Å². The number of furan rings is 1. The first-order valence-corrected chi connectivity index (χ1v) is 18.0. The second-order valence-electron chi connectivity index (χ2n) is 13.2. The summed E-state index contributed by atoms with van der Waals surface area (Å²) < 4.78 is 11.6. The Morgan fingerprint density at radius 3 is 2.14 bits per heavy atom. The van der Waals surface area contributed by atoms with Gasteiger partial charge >= 0.3 is 0 Å². The summed E-state index contributed by atoms with van der Waals surface area (Å²) in [4.78, 5) is 0. The van der Waals surface area contributed by atoms with Crippen LogP contribution in [0, 0.1) is 0 Å². The van der Waals surface area contributed by atoms with Gasteiger partial charge in [0.2, 0.25) is 0 Å². The minimum absolute atomic E-state index is 0.912. The summed E-state index contributed by atoms with van der Waals surface area (Å²) in [6.45, 7) is 0. The van der Waals surface area contributed by atoms with Crippen molar-refractivity contribution in [3.63, 3.8) is 0 Å². The number of allylic oxidation sites excluding steroid dienone is 4. The van der Waals surface area contributed by atoms with E-state index in [1.54, 1.807) is 0 Å². The van der Waals surface area contributed by atoms with Crippen LogP contribution in [0.3, 0.4) is 0 Å². The molecule has 3 heterocycles. The molecular formula is C47H29NOS. The molecule has 0 unspecified atom stereocenters. The molecule has 7 aromatic carbocycles. The molecule has 10 aromatic rings. The smallest absolute Gasteiger partial charge is 0.159 e. The summed E-state index contributed by atoms with van der Waals surface area (Å²) in [7, 11) is 0. The Balaban J connectivity index is 1.02. The van der Waals surface area contributed by atoms with Gasteiger partial charge in [-0.05, 0) is 76.2 Å². The maximum atomic E-state index is 6.49. The van der Waals surface area contributed by atoms with Crippen molar-refractivity contribution in [2.24, 2.45) is 0 Å². The number of thiophene rings is 1. The summed E-state index contributed by atoms with van der Waals surface area (Å²) in [6, 6.07) is 55.1. The highest BCUT2D eigenvalue weighted by Crippen LogP contribution is 2.44. The van der Waals surface area contributed by atoms with Gasteiger partial charge in [-0.25, -0.2) is 0 Å². The Morgan fingerprint density at radius 1 is 0.520 bits per heavy atom. The quantitative estimate of drug-likeness (QED) is 0.185. The first kappa shape index (κ1) is 27.8. The van der Waals surface area contributed by atoms with E-state index in [1.807, 2.05) is 17.4 Å². The van der Waals surface area contributed by atoms with E-state index < -0.39 is 0 Å². The summed E-state index contributed by atoms with van der Waals surface area (Å²) in [5.41, 5.74) is 13.0. The molecular weight excluding hydrogens is 627 g/mol. The summed E-state index contributed by atoms with van der Waals surface area (Å²) in [5, 5.41) is 7.43. The summed E-state index contributed by atoms with van der Waals surface area (Å²) >= 11 is 1.90. The number of benzene rings is 7. The number of nitrogens with zero attached hydrogens (tertiary/aromatic N) is 1. The van der Waals surface area contributed by atoms with Crippen LogP contribution in [0.15, 0.2) is 168 Å². The highest BCUT2D eigenvalue weighted by Gasteiger charge is 2.20. The summed E-state index contributed by atoms with van der Waals surface area (Å²) in [5.74, 6) is 0. The highest BCUT2D eigenvalue weighted by atomic mass is 32.1. The molecule has 0 saturated heterocycles. The molecule has 0 fully saturated rings. The number of para-hydroxylation sites is 3. The van der Waals surface area contributed by atoms with Crippen LogP contribution in [-0.4, -0.2) is 4.57 Å². The van der Waals surface area contributed by atoms with Crippen LogP contribution in [0.25, 0.3) is 91.9 Å². The summed E-state index contributed by atoms with van der Waals surface area (Å²) in [6.07, 6.45) is 5.57. The van der Waals surface area contributed by atoms with E-state index in [9.17, 15) is 0 Å². The monoisotopic (exact) mass is 655 g/mol. The van der Waals surface area contributed by atoms with Crippen molar-refractivity contribution in [1.82, 2.24) is 4.57 Å². The first-order chi connectivity index (χ1) is 24.8. The largest absolute Gasteiger partial charge is 0.454 e. The Bertz CT molecular complexity index is 3060. The van der Waals surface area contributed by atoms with Crippen molar-refractivity contribution < 1.29 is 4.42 Å². The minimum atomic E-state index is 0.912. The molecule has 0 saturated carbocycles. The predicted molar refractivity (Wildman–Crippen MR) is 213 cm³/mol. The van der Waals surface area contributed by atoms with Gasteiger partial charge in [-0.1, -0.05) is 127 Å². The molecule has 1 aliphatic carbocycles. The molecule has 3 aromatic heterocycles. The molecule has 11 rings (SSSR count). The lowest BCUT2D eigenvalue weighted by Gasteiger charge is -2.11. The molecule has 50 heavy (non-hydrogen) atoms. The van der Waals surface area contributed by atoms with Gasteiger partial charge in [0.15, 0.2) is 5.58 Å². The number of hydrogen-bond acceptors (Lipinski definition) is 2. The fraction of sp³-hybridized carbons (Fsp3) is 0.0213.